The van der Waals surface area contributed by atoms with E-state index in [4.69, 9.17) is 49.8 Å². The van der Waals surface area contributed by atoms with Gasteiger partial charge in [0.1, 0.15) is 24.0 Å². The zero-order valence-electron chi connectivity index (χ0n) is 22.8. The number of aromatic hydroxyl groups is 1. The van der Waals surface area contributed by atoms with E-state index in [2.05, 4.69) is 11.4 Å². The van der Waals surface area contributed by atoms with Gasteiger partial charge in [0.15, 0.2) is 29.9 Å². The average Bonchev–Trinajstić information content (AvgIpc) is 2.92. The summed E-state index contributed by atoms with van der Waals surface area (Å²) in [5.41, 5.74) is 5.92. The summed E-state index contributed by atoms with van der Waals surface area (Å²) >= 11 is 0. The van der Waals surface area contributed by atoms with Gasteiger partial charge in [-0.1, -0.05) is 5.92 Å². The van der Waals surface area contributed by atoms with Crippen LogP contribution in [0.15, 0.2) is 21.3 Å². The molecule has 2 saturated heterocycles. The minimum Gasteiger partial charge on any atom is -0.505 e. The van der Waals surface area contributed by atoms with Crippen LogP contribution in [0.4, 0.5) is 10.5 Å². The van der Waals surface area contributed by atoms with Crippen molar-refractivity contribution in [1.82, 2.24) is 5.48 Å². The van der Waals surface area contributed by atoms with E-state index in [1.165, 1.54) is 13.2 Å². The largest absolute Gasteiger partial charge is 0.505 e. The van der Waals surface area contributed by atoms with Gasteiger partial charge in [-0.05, 0) is 52.2 Å². The van der Waals surface area contributed by atoms with Crippen molar-refractivity contribution in [3.8, 4) is 23.8 Å². The molecule has 218 valence electrons. The number of carbonyl (C=O) groups excluding carboxylic acids is 1. The maximum atomic E-state index is 12.6. The molecule has 0 aliphatic carbocycles. The minimum absolute atomic E-state index is 0.0879. The van der Waals surface area contributed by atoms with Crippen molar-refractivity contribution in [2.45, 2.75) is 76.5 Å². The molecule has 4 rings (SSSR count). The van der Waals surface area contributed by atoms with Gasteiger partial charge >= 0.3 is 11.7 Å². The molecule has 40 heavy (non-hydrogen) atoms. The van der Waals surface area contributed by atoms with E-state index in [-0.39, 0.29) is 29.1 Å². The van der Waals surface area contributed by atoms with Crippen molar-refractivity contribution in [2.75, 3.05) is 26.1 Å². The lowest BCUT2D eigenvalue weighted by atomic mass is 9.89. The highest BCUT2D eigenvalue weighted by Gasteiger charge is 2.55. The molecule has 1 aromatic carbocycles. The molecule has 0 saturated carbocycles. The summed E-state index contributed by atoms with van der Waals surface area (Å²) < 4.78 is 41.5. The van der Waals surface area contributed by atoms with Gasteiger partial charge in [0, 0.05) is 19.3 Å². The number of anilines is 1. The molecule has 0 bridgehead atoms. The second kappa shape index (κ2) is 12.3. The van der Waals surface area contributed by atoms with Crippen LogP contribution in [-0.4, -0.2) is 68.0 Å². The number of hydroxylamine groups is 1. The zero-order valence-corrected chi connectivity index (χ0v) is 22.8. The molecule has 13 heteroatoms. The van der Waals surface area contributed by atoms with Crippen LogP contribution in [0.3, 0.4) is 0 Å². The third-order valence-corrected chi connectivity index (χ3v) is 6.77. The van der Waals surface area contributed by atoms with Crippen LogP contribution >= 0.6 is 0 Å². The predicted molar refractivity (Wildman–Crippen MR) is 140 cm³/mol. The number of fused-ring (bicyclic) bond motifs is 1. The molecule has 0 radical (unpaired) electrons. The van der Waals surface area contributed by atoms with Gasteiger partial charge in [0.2, 0.25) is 6.29 Å². The summed E-state index contributed by atoms with van der Waals surface area (Å²) in [4.78, 5) is 29.7. The quantitative estimate of drug-likeness (QED) is 0.186. The Kier molecular flexibility index (Phi) is 9.07. The van der Waals surface area contributed by atoms with Gasteiger partial charge in [-0.3, -0.25) is 4.84 Å². The molecule has 13 nitrogen and oxygen atoms in total. The highest BCUT2D eigenvalue weighted by Crippen LogP contribution is 2.39. The third-order valence-electron chi connectivity index (χ3n) is 6.77. The van der Waals surface area contributed by atoms with Crippen molar-refractivity contribution >= 4 is 22.7 Å². The molecular weight excluding hydrogens is 528 g/mol. The number of terminal acetylenes is 1. The molecule has 1 aromatic heterocycles. The molecule has 1 unspecified atom stereocenters. The minimum atomic E-state index is -1.15. The van der Waals surface area contributed by atoms with Crippen LogP contribution in [0.1, 0.15) is 38.7 Å². The van der Waals surface area contributed by atoms with Crippen LogP contribution in [0, 0.1) is 19.3 Å². The Morgan fingerprint density at radius 1 is 1.30 bits per heavy atom. The Bertz CT molecular complexity index is 1310. The molecule has 3 heterocycles. The molecular formula is C27H34N2O11. The number of hydrogen-bond donors (Lipinski definition) is 3. The number of amides is 1. The monoisotopic (exact) mass is 562 g/mol. The Balaban J connectivity index is 1.71. The Morgan fingerprint density at radius 2 is 2.08 bits per heavy atom. The Hall–Kier alpha value is -3.54. The normalized spacial score (nSPS) is 26.1. The summed E-state index contributed by atoms with van der Waals surface area (Å²) in [6, 6.07) is 3.07. The highest BCUT2D eigenvalue weighted by atomic mass is 16.8. The molecule has 2 aromatic rings. The number of hydrogen-bond acceptors (Lipinski definition) is 12. The second-order valence-electron chi connectivity index (χ2n) is 9.94. The summed E-state index contributed by atoms with van der Waals surface area (Å²) in [5, 5.41) is 10.6. The first-order valence-electron chi connectivity index (χ1n) is 12.8. The first-order chi connectivity index (χ1) is 19.1. The van der Waals surface area contributed by atoms with Crippen molar-refractivity contribution in [3.05, 3.63) is 28.1 Å². The van der Waals surface area contributed by atoms with Gasteiger partial charge in [0.05, 0.1) is 11.0 Å². The van der Waals surface area contributed by atoms with Crippen molar-refractivity contribution in [1.29, 1.82) is 0 Å². The smallest absolute Gasteiger partial charge is 0.431 e. The first kappa shape index (κ1) is 29.4. The van der Waals surface area contributed by atoms with Crippen LogP contribution in [0.25, 0.3) is 11.0 Å². The summed E-state index contributed by atoms with van der Waals surface area (Å²) in [7, 11) is 1.46. The van der Waals surface area contributed by atoms with E-state index < -0.39 is 53.9 Å². The standard InChI is InChI=1S/C27H34N2O11/c1-6-12-35-29-26(32)39-21-22(37-17-9-7-8-13-34-17)25(40-27(3,4)23(21)33-5)36-16-11-10-15-19(30)18(28)24(31)38-20(15)14(16)2/h1,10-11,17,21-23,25,30H,7-9,12-13,28H2,2-5H3,(H,29,32)/t17?,21-,22+,23-,25-/m1/s1. The number of ether oxygens (including phenoxy) is 6. The number of benzene rings is 1. The van der Waals surface area contributed by atoms with E-state index in [0.717, 1.165) is 12.8 Å². The lowest BCUT2D eigenvalue weighted by Gasteiger charge is -2.49. The first-order valence-corrected chi connectivity index (χ1v) is 12.8. The average molecular weight is 563 g/mol. The summed E-state index contributed by atoms with van der Waals surface area (Å²) in [6.45, 7) is 5.49. The topological polar surface area (TPSA) is 170 Å². The number of rotatable bonds is 8. The van der Waals surface area contributed by atoms with Crippen LogP contribution in [-0.2, 0) is 28.5 Å². The van der Waals surface area contributed by atoms with Crippen LogP contribution in [0.2, 0.25) is 0 Å². The number of nitrogen functional groups attached to an aromatic ring is 1. The van der Waals surface area contributed by atoms with Crippen LogP contribution in [0.5, 0.6) is 11.5 Å². The molecule has 0 spiro atoms. The molecule has 2 aliphatic heterocycles. The van der Waals surface area contributed by atoms with E-state index in [9.17, 15) is 14.7 Å². The fourth-order valence-corrected chi connectivity index (χ4v) is 4.85. The Labute approximate surface area is 230 Å². The second-order valence-corrected chi connectivity index (χ2v) is 9.94. The molecule has 2 fully saturated rings. The summed E-state index contributed by atoms with van der Waals surface area (Å²) in [5.74, 6) is 2.11. The lowest BCUT2D eigenvalue weighted by molar-refractivity contribution is -0.338. The molecule has 2 aliphatic rings. The van der Waals surface area contributed by atoms with Gasteiger partial charge in [0.25, 0.3) is 0 Å². The van der Waals surface area contributed by atoms with E-state index in [1.54, 1.807) is 26.8 Å². The number of nitrogens with two attached hydrogens (primary N) is 1. The lowest BCUT2D eigenvalue weighted by Crippen LogP contribution is -2.66. The van der Waals surface area contributed by atoms with Crippen molar-refractivity contribution < 1.29 is 47.6 Å². The number of carbonyl (C=O) groups is 1. The maximum absolute atomic E-state index is 12.6. The van der Waals surface area contributed by atoms with E-state index in [0.29, 0.717) is 18.6 Å². The highest BCUT2D eigenvalue weighted by molar-refractivity contribution is 5.90. The molecule has 4 N–H and O–H groups in total. The number of methoxy groups -OCH3 is 1. The van der Waals surface area contributed by atoms with E-state index in [1.807, 2.05) is 0 Å². The van der Waals surface area contributed by atoms with Gasteiger partial charge in [-0.15, -0.1) is 6.42 Å². The Morgan fingerprint density at radius 3 is 2.75 bits per heavy atom. The SMILES string of the molecule is C#CCONC(=O)O[C@@H]1[C@H](OC2CCCCO2)[C@H](Oc2ccc3c(O)c(N)c(=O)oc3c2C)OC(C)(C)[C@@H]1OC. The van der Waals surface area contributed by atoms with Crippen molar-refractivity contribution in [2.24, 2.45) is 0 Å². The fraction of sp³-hybridized carbons (Fsp3) is 0.556. The summed E-state index contributed by atoms with van der Waals surface area (Å²) in [6.07, 6.45) is 1.96. The fourth-order valence-electron chi connectivity index (χ4n) is 4.85. The van der Waals surface area contributed by atoms with Crippen molar-refractivity contribution in [3.63, 3.8) is 0 Å². The molecule has 1 amide bonds. The zero-order chi connectivity index (χ0) is 29.0. The van der Waals surface area contributed by atoms with Crippen LogP contribution < -0.4 is 21.6 Å². The third kappa shape index (κ3) is 6.11. The predicted octanol–water partition coefficient (Wildman–Crippen LogP) is 2.49. The van der Waals surface area contributed by atoms with Gasteiger partial charge in [-0.2, -0.15) is 5.48 Å². The maximum Gasteiger partial charge on any atom is 0.431 e. The van der Waals surface area contributed by atoms with Gasteiger partial charge < -0.3 is 43.7 Å². The van der Waals surface area contributed by atoms with Gasteiger partial charge in [-0.25, -0.2) is 9.59 Å². The number of nitrogens with one attached hydrogen (secondary N) is 1. The molecule has 5 atom stereocenters. The van der Waals surface area contributed by atoms with E-state index >= 15 is 0 Å². The number of aryl methyl sites for hydroxylation is 1.